The van der Waals surface area contributed by atoms with Gasteiger partial charge in [0.2, 0.25) is 0 Å². The van der Waals surface area contributed by atoms with Gasteiger partial charge in [-0.25, -0.2) is 0 Å². The molecule has 1 atom stereocenters. The van der Waals surface area contributed by atoms with Gasteiger partial charge in [-0.1, -0.05) is 44.2 Å². The second-order valence-corrected chi connectivity index (χ2v) is 5.81. The molecule has 0 aromatic heterocycles. The van der Waals surface area contributed by atoms with Crippen molar-refractivity contribution in [1.29, 1.82) is 0 Å². The Balaban J connectivity index is 2.51. The predicted molar refractivity (Wildman–Crippen MR) is 83.5 cm³/mol. The average Bonchev–Trinajstić information content (AvgIpc) is 2.46. The maximum absolute atomic E-state index is 12.1. The van der Waals surface area contributed by atoms with E-state index < -0.39 is 5.51 Å². The van der Waals surface area contributed by atoms with Gasteiger partial charge in [0.25, 0.3) is 0 Å². The van der Waals surface area contributed by atoms with Crippen molar-refractivity contribution in [3.05, 3.63) is 35.9 Å². The topological polar surface area (TPSA) is 15.3 Å². The molecule has 0 radical (unpaired) electrons. The zero-order valence-corrected chi connectivity index (χ0v) is 13.3. The number of likely N-dealkylation sites (N-methyl/N-ethyl adjacent to an activating group) is 1. The molecule has 21 heavy (non-hydrogen) atoms. The van der Waals surface area contributed by atoms with Crippen molar-refractivity contribution in [3.8, 4) is 0 Å². The summed E-state index contributed by atoms with van der Waals surface area (Å²) in [6, 6.07) is 10.3. The molecule has 1 rings (SSSR count). The minimum absolute atomic E-state index is 0.0248. The summed E-state index contributed by atoms with van der Waals surface area (Å²) in [5, 5.41) is 3.14. The summed E-state index contributed by atoms with van der Waals surface area (Å²) < 4.78 is 36.2. The molecule has 1 aromatic carbocycles. The van der Waals surface area contributed by atoms with E-state index in [0.29, 0.717) is 13.1 Å². The third-order valence-corrected chi connectivity index (χ3v) is 4.06. The Morgan fingerprint density at radius 3 is 2.29 bits per heavy atom. The second-order valence-electron chi connectivity index (χ2n) is 4.65. The number of rotatable bonds is 9. The Bertz CT molecular complexity index is 380. The zero-order chi connectivity index (χ0) is 15.7. The normalized spacial score (nSPS) is 13.6. The van der Waals surface area contributed by atoms with Gasteiger partial charge in [-0.3, -0.25) is 4.90 Å². The smallest absolute Gasteiger partial charge is 0.314 e. The van der Waals surface area contributed by atoms with Crippen molar-refractivity contribution >= 4 is 11.8 Å². The molecule has 120 valence electrons. The van der Waals surface area contributed by atoms with E-state index in [9.17, 15) is 13.2 Å². The van der Waals surface area contributed by atoms with E-state index in [0.717, 1.165) is 13.1 Å². The molecule has 0 amide bonds. The molecule has 0 aliphatic heterocycles. The number of halogens is 3. The van der Waals surface area contributed by atoms with Crippen molar-refractivity contribution in [2.45, 2.75) is 25.4 Å². The van der Waals surface area contributed by atoms with Crippen LogP contribution < -0.4 is 5.32 Å². The van der Waals surface area contributed by atoms with Crippen molar-refractivity contribution in [3.63, 3.8) is 0 Å². The quantitative estimate of drug-likeness (QED) is 0.695. The van der Waals surface area contributed by atoms with Gasteiger partial charge in [-0.2, -0.15) is 13.2 Å². The summed E-state index contributed by atoms with van der Waals surface area (Å²) >= 11 is 0.0248. The SMILES string of the molecule is CCN(CC)C(CNCCSC(F)(F)F)c1ccccc1. The van der Waals surface area contributed by atoms with E-state index in [1.54, 1.807) is 0 Å². The van der Waals surface area contributed by atoms with Crippen LogP contribution in [0.4, 0.5) is 13.2 Å². The Morgan fingerprint density at radius 2 is 1.76 bits per heavy atom. The van der Waals surface area contributed by atoms with Crippen LogP contribution >= 0.6 is 11.8 Å². The molecule has 0 bridgehead atoms. The fraction of sp³-hybridized carbons (Fsp3) is 0.600. The van der Waals surface area contributed by atoms with Crippen molar-refractivity contribution in [1.82, 2.24) is 10.2 Å². The first-order valence-corrected chi connectivity index (χ1v) is 8.16. The number of thioether (sulfide) groups is 1. The Hall–Kier alpha value is -0.720. The monoisotopic (exact) mass is 320 g/mol. The molecule has 0 saturated heterocycles. The van der Waals surface area contributed by atoms with Gasteiger partial charge in [0.05, 0.1) is 0 Å². The summed E-state index contributed by atoms with van der Waals surface area (Å²) in [7, 11) is 0. The van der Waals surface area contributed by atoms with E-state index in [1.165, 1.54) is 5.56 Å². The summed E-state index contributed by atoms with van der Waals surface area (Å²) in [5.41, 5.74) is -2.95. The minimum atomic E-state index is -4.14. The van der Waals surface area contributed by atoms with E-state index in [4.69, 9.17) is 0 Å². The molecule has 0 heterocycles. The lowest BCUT2D eigenvalue weighted by atomic mass is 10.1. The van der Waals surface area contributed by atoms with Crippen LogP contribution in [0, 0.1) is 0 Å². The highest BCUT2D eigenvalue weighted by atomic mass is 32.2. The van der Waals surface area contributed by atoms with Gasteiger partial charge < -0.3 is 5.32 Å². The molecule has 0 aliphatic carbocycles. The van der Waals surface area contributed by atoms with Crippen molar-refractivity contribution < 1.29 is 13.2 Å². The van der Waals surface area contributed by atoms with Crippen LogP contribution in [0.2, 0.25) is 0 Å². The van der Waals surface area contributed by atoms with Gasteiger partial charge in [0.15, 0.2) is 0 Å². The van der Waals surface area contributed by atoms with Crippen LogP contribution in [0.1, 0.15) is 25.5 Å². The van der Waals surface area contributed by atoms with Gasteiger partial charge in [-0.05, 0) is 30.4 Å². The number of hydrogen-bond donors (Lipinski definition) is 1. The van der Waals surface area contributed by atoms with E-state index in [1.807, 2.05) is 18.2 Å². The Kier molecular flexibility index (Phi) is 8.14. The molecule has 1 aromatic rings. The molecule has 0 fully saturated rings. The molecule has 2 nitrogen and oxygen atoms in total. The number of nitrogens with one attached hydrogen (secondary N) is 1. The van der Waals surface area contributed by atoms with Crippen LogP contribution in [0.15, 0.2) is 30.3 Å². The van der Waals surface area contributed by atoms with Crippen LogP contribution in [0.3, 0.4) is 0 Å². The van der Waals surface area contributed by atoms with Crippen LogP contribution in [-0.4, -0.2) is 42.3 Å². The van der Waals surface area contributed by atoms with E-state index in [-0.39, 0.29) is 23.6 Å². The number of benzene rings is 1. The molecular formula is C15H23F3N2S. The fourth-order valence-electron chi connectivity index (χ4n) is 2.28. The first kappa shape index (κ1) is 18.3. The predicted octanol–water partition coefficient (Wildman–Crippen LogP) is 3.91. The lowest BCUT2D eigenvalue weighted by Gasteiger charge is -2.30. The van der Waals surface area contributed by atoms with E-state index in [2.05, 4.69) is 36.2 Å². The molecule has 1 unspecified atom stereocenters. The first-order chi connectivity index (χ1) is 9.98. The van der Waals surface area contributed by atoms with Crippen LogP contribution in [-0.2, 0) is 0 Å². The van der Waals surface area contributed by atoms with Gasteiger partial charge >= 0.3 is 5.51 Å². The van der Waals surface area contributed by atoms with Crippen molar-refractivity contribution in [2.75, 3.05) is 31.9 Å². The Labute approximate surface area is 129 Å². The summed E-state index contributed by atoms with van der Waals surface area (Å²) in [6.45, 7) is 7.03. The standard InChI is InChI=1S/C15H23F3N2S/c1-3-20(4-2)14(13-8-6-5-7-9-13)12-19-10-11-21-15(16,17)18/h5-9,14,19H,3-4,10-12H2,1-2H3. The lowest BCUT2D eigenvalue weighted by Crippen LogP contribution is -2.36. The summed E-state index contributed by atoms with van der Waals surface area (Å²) in [6.07, 6.45) is 0. The molecule has 0 aliphatic rings. The highest BCUT2D eigenvalue weighted by Crippen LogP contribution is 2.29. The number of nitrogens with zero attached hydrogens (tertiary/aromatic N) is 1. The van der Waals surface area contributed by atoms with Gasteiger partial charge in [0.1, 0.15) is 0 Å². The first-order valence-electron chi connectivity index (χ1n) is 7.18. The highest BCUT2D eigenvalue weighted by Gasteiger charge is 2.27. The molecule has 0 saturated carbocycles. The fourth-order valence-corrected chi connectivity index (χ4v) is 2.75. The largest absolute Gasteiger partial charge is 0.441 e. The summed E-state index contributed by atoms with van der Waals surface area (Å²) in [4.78, 5) is 2.30. The van der Waals surface area contributed by atoms with Crippen molar-refractivity contribution in [2.24, 2.45) is 0 Å². The van der Waals surface area contributed by atoms with Crippen LogP contribution in [0.5, 0.6) is 0 Å². The average molecular weight is 320 g/mol. The molecule has 0 spiro atoms. The molecular weight excluding hydrogens is 297 g/mol. The third kappa shape index (κ3) is 7.20. The maximum Gasteiger partial charge on any atom is 0.441 e. The summed E-state index contributed by atoms with van der Waals surface area (Å²) in [5.74, 6) is 0.0449. The zero-order valence-electron chi connectivity index (χ0n) is 12.5. The number of alkyl halides is 3. The van der Waals surface area contributed by atoms with Gasteiger partial charge in [0, 0.05) is 24.9 Å². The number of hydrogen-bond acceptors (Lipinski definition) is 3. The minimum Gasteiger partial charge on any atom is -0.314 e. The van der Waals surface area contributed by atoms with Gasteiger partial charge in [-0.15, -0.1) is 0 Å². The third-order valence-electron chi connectivity index (χ3n) is 3.32. The van der Waals surface area contributed by atoms with E-state index >= 15 is 0 Å². The second kappa shape index (κ2) is 9.33. The van der Waals surface area contributed by atoms with Crippen LogP contribution in [0.25, 0.3) is 0 Å². The molecule has 6 heteroatoms. The lowest BCUT2D eigenvalue weighted by molar-refractivity contribution is -0.0327. The molecule has 1 N–H and O–H groups in total. The Morgan fingerprint density at radius 1 is 1.14 bits per heavy atom. The highest BCUT2D eigenvalue weighted by molar-refractivity contribution is 8.00. The maximum atomic E-state index is 12.1.